The molecule has 1 aliphatic heterocycles. The predicted octanol–water partition coefficient (Wildman–Crippen LogP) is 0.770. The van der Waals surface area contributed by atoms with E-state index in [1.165, 1.54) is 0 Å². The highest BCUT2D eigenvalue weighted by Crippen LogP contribution is 2.18. The fraction of sp³-hybridized carbons (Fsp3) is 1.00. The molecule has 0 atom stereocenters. The zero-order valence-electron chi connectivity index (χ0n) is 5.73. The Labute approximate surface area is 61.6 Å². The lowest BCUT2D eigenvalue weighted by molar-refractivity contribution is -0.419. The Hall–Kier alpha value is -0.330. The Morgan fingerprint density at radius 3 is 2.18 bits per heavy atom. The first kappa shape index (κ1) is 8.76. The molecule has 1 rings (SSSR count). The number of nitrogens with zero attached hydrogens (tertiary/aromatic N) is 1. The topological polar surface area (TPSA) is 21.7 Å². The van der Waals surface area contributed by atoms with E-state index in [1.807, 2.05) is 0 Å². The average Bonchev–Trinajstić information content (AvgIpc) is 1.85. The molecule has 6 heteroatoms. The van der Waals surface area contributed by atoms with Crippen LogP contribution >= 0.6 is 0 Å². The summed E-state index contributed by atoms with van der Waals surface area (Å²) >= 11 is 0. The lowest BCUT2D eigenvalue weighted by Crippen LogP contribution is -2.40. The standard InChI is InChI=1S/C5H8F3NO2/c6-5(7,8)11-9-1-3-10-4-2-9/h1-4H2. The molecule has 66 valence electrons. The van der Waals surface area contributed by atoms with Crippen LogP contribution < -0.4 is 0 Å². The molecule has 0 aromatic heterocycles. The lowest BCUT2D eigenvalue weighted by atomic mass is 10.5. The van der Waals surface area contributed by atoms with Crippen LogP contribution in [0.25, 0.3) is 0 Å². The molecule has 0 amide bonds. The Bertz CT molecular complexity index is 121. The molecule has 0 aromatic carbocycles. The minimum atomic E-state index is -4.57. The van der Waals surface area contributed by atoms with Gasteiger partial charge in [0, 0.05) is 13.1 Å². The number of rotatable bonds is 1. The molecule has 1 saturated heterocycles. The van der Waals surface area contributed by atoms with E-state index in [2.05, 4.69) is 4.84 Å². The molecule has 0 spiro atoms. The van der Waals surface area contributed by atoms with Gasteiger partial charge in [0.25, 0.3) is 0 Å². The van der Waals surface area contributed by atoms with Crippen molar-refractivity contribution in [3.05, 3.63) is 0 Å². The highest BCUT2D eigenvalue weighted by Gasteiger charge is 2.33. The van der Waals surface area contributed by atoms with Gasteiger partial charge in [0.2, 0.25) is 0 Å². The second-order valence-corrected chi connectivity index (χ2v) is 2.08. The van der Waals surface area contributed by atoms with Crippen molar-refractivity contribution >= 4 is 0 Å². The maximum Gasteiger partial charge on any atom is 0.539 e. The quantitative estimate of drug-likeness (QED) is 0.581. The van der Waals surface area contributed by atoms with Crippen LogP contribution in [0.5, 0.6) is 0 Å². The van der Waals surface area contributed by atoms with Gasteiger partial charge in [-0.3, -0.25) is 0 Å². The Morgan fingerprint density at radius 1 is 1.18 bits per heavy atom. The van der Waals surface area contributed by atoms with E-state index in [0.717, 1.165) is 5.06 Å². The highest BCUT2D eigenvalue weighted by atomic mass is 19.4. The van der Waals surface area contributed by atoms with Gasteiger partial charge < -0.3 is 4.74 Å². The van der Waals surface area contributed by atoms with Gasteiger partial charge in [-0.25, -0.2) is 4.84 Å². The van der Waals surface area contributed by atoms with Crippen LogP contribution in [0.1, 0.15) is 0 Å². The van der Waals surface area contributed by atoms with E-state index in [1.54, 1.807) is 0 Å². The predicted molar refractivity (Wildman–Crippen MR) is 29.5 cm³/mol. The summed E-state index contributed by atoms with van der Waals surface area (Å²) < 4.78 is 39.4. The summed E-state index contributed by atoms with van der Waals surface area (Å²) in [6.07, 6.45) is -4.57. The van der Waals surface area contributed by atoms with E-state index in [-0.39, 0.29) is 26.3 Å². The summed E-state index contributed by atoms with van der Waals surface area (Å²) in [6.45, 7) is 0.908. The van der Waals surface area contributed by atoms with Crippen molar-refractivity contribution in [2.24, 2.45) is 0 Å². The van der Waals surface area contributed by atoms with Crippen LogP contribution in [0.3, 0.4) is 0 Å². The van der Waals surface area contributed by atoms with Crippen molar-refractivity contribution < 1.29 is 22.7 Å². The van der Waals surface area contributed by atoms with Crippen molar-refractivity contribution in [3.8, 4) is 0 Å². The molecule has 0 radical (unpaired) electrons. The molecule has 0 aromatic rings. The van der Waals surface area contributed by atoms with Crippen LogP contribution in [-0.4, -0.2) is 37.7 Å². The Balaban J connectivity index is 2.24. The molecular weight excluding hydrogens is 163 g/mol. The van der Waals surface area contributed by atoms with Crippen molar-refractivity contribution in [2.45, 2.75) is 6.36 Å². The van der Waals surface area contributed by atoms with Crippen LogP contribution in [-0.2, 0) is 9.57 Å². The van der Waals surface area contributed by atoms with Crippen molar-refractivity contribution in [1.29, 1.82) is 0 Å². The van der Waals surface area contributed by atoms with Gasteiger partial charge in [0.15, 0.2) is 0 Å². The number of morpholine rings is 1. The summed E-state index contributed by atoms with van der Waals surface area (Å²) in [5, 5.41) is 0.851. The van der Waals surface area contributed by atoms with Crippen LogP contribution in [0.2, 0.25) is 0 Å². The third kappa shape index (κ3) is 3.54. The van der Waals surface area contributed by atoms with E-state index in [9.17, 15) is 13.2 Å². The number of halogens is 3. The number of hydrogen-bond acceptors (Lipinski definition) is 3. The fourth-order valence-electron chi connectivity index (χ4n) is 0.784. The van der Waals surface area contributed by atoms with Crippen LogP contribution in [0, 0.1) is 0 Å². The van der Waals surface area contributed by atoms with Gasteiger partial charge in [-0.15, -0.1) is 13.2 Å². The number of alkyl halides is 3. The summed E-state index contributed by atoms with van der Waals surface area (Å²) in [6, 6.07) is 0. The van der Waals surface area contributed by atoms with E-state index >= 15 is 0 Å². The zero-order valence-corrected chi connectivity index (χ0v) is 5.73. The maximum atomic E-state index is 11.5. The molecule has 3 nitrogen and oxygen atoms in total. The molecule has 0 saturated carbocycles. The normalized spacial score (nSPS) is 22.1. The largest absolute Gasteiger partial charge is 0.539 e. The van der Waals surface area contributed by atoms with E-state index in [4.69, 9.17) is 4.74 Å². The Morgan fingerprint density at radius 2 is 1.73 bits per heavy atom. The van der Waals surface area contributed by atoms with E-state index in [0.29, 0.717) is 0 Å². The van der Waals surface area contributed by atoms with Gasteiger partial charge in [0.1, 0.15) is 0 Å². The number of hydrogen-bond donors (Lipinski definition) is 0. The van der Waals surface area contributed by atoms with Gasteiger partial charge in [-0.2, -0.15) is 5.06 Å². The molecule has 0 unspecified atom stereocenters. The zero-order chi connectivity index (χ0) is 8.32. The first-order valence-electron chi connectivity index (χ1n) is 3.16. The van der Waals surface area contributed by atoms with Crippen LogP contribution in [0.4, 0.5) is 13.2 Å². The van der Waals surface area contributed by atoms with Crippen molar-refractivity contribution in [2.75, 3.05) is 26.3 Å². The van der Waals surface area contributed by atoms with Gasteiger partial charge in [-0.05, 0) is 0 Å². The number of ether oxygens (including phenoxy) is 1. The second kappa shape index (κ2) is 3.38. The molecule has 1 aliphatic rings. The maximum absolute atomic E-state index is 11.5. The van der Waals surface area contributed by atoms with Gasteiger partial charge >= 0.3 is 6.36 Å². The molecule has 1 fully saturated rings. The molecule has 11 heavy (non-hydrogen) atoms. The minimum Gasteiger partial charge on any atom is -0.379 e. The molecule has 0 bridgehead atoms. The average molecular weight is 171 g/mol. The first-order chi connectivity index (χ1) is 5.08. The minimum absolute atomic E-state index is 0.166. The monoisotopic (exact) mass is 171 g/mol. The first-order valence-corrected chi connectivity index (χ1v) is 3.16. The highest BCUT2D eigenvalue weighted by molar-refractivity contribution is 4.51. The lowest BCUT2D eigenvalue weighted by Gasteiger charge is -2.25. The summed E-state index contributed by atoms with van der Waals surface area (Å²) in [5.41, 5.74) is 0. The van der Waals surface area contributed by atoms with E-state index < -0.39 is 6.36 Å². The van der Waals surface area contributed by atoms with Crippen molar-refractivity contribution in [1.82, 2.24) is 5.06 Å². The van der Waals surface area contributed by atoms with Crippen LogP contribution in [0.15, 0.2) is 0 Å². The Kier molecular flexibility index (Phi) is 2.69. The van der Waals surface area contributed by atoms with Gasteiger partial charge in [0.05, 0.1) is 13.2 Å². The summed E-state index contributed by atoms with van der Waals surface area (Å²) in [4.78, 5) is 3.63. The molecule has 0 aliphatic carbocycles. The SMILES string of the molecule is FC(F)(F)ON1CCOCC1. The third-order valence-corrected chi connectivity index (χ3v) is 1.20. The molecular formula is C5H8F3NO2. The summed E-state index contributed by atoms with van der Waals surface area (Å²) in [5.74, 6) is 0. The second-order valence-electron chi connectivity index (χ2n) is 2.08. The summed E-state index contributed by atoms with van der Waals surface area (Å²) in [7, 11) is 0. The molecule has 1 heterocycles. The smallest absolute Gasteiger partial charge is 0.379 e. The van der Waals surface area contributed by atoms with Crippen molar-refractivity contribution in [3.63, 3.8) is 0 Å². The molecule has 0 N–H and O–H groups in total. The fourth-order valence-corrected chi connectivity index (χ4v) is 0.784. The third-order valence-electron chi connectivity index (χ3n) is 1.20. The van der Waals surface area contributed by atoms with Gasteiger partial charge in [-0.1, -0.05) is 0 Å². The number of hydroxylamine groups is 2.